The van der Waals surface area contributed by atoms with Gasteiger partial charge in [0.2, 0.25) is 0 Å². The smallest absolute Gasteiger partial charge is 0.118 e. The number of phenols is 1. The van der Waals surface area contributed by atoms with Gasteiger partial charge in [-0.3, -0.25) is 0 Å². The first-order chi connectivity index (χ1) is 8.47. The average Bonchev–Trinajstić information content (AvgIpc) is 2.32. The van der Waals surface area contributed by atoms with Gasteiger partial charge in [0.05, 0.1) is 0 Å². The fourth-order valence-electron chi connectivity index (χ4n) is 2.61. The molecule has 0 unspecified atom stereocenters. The van der Waals surface area contributed by atoms with E-state index in [0.29, 0.717) is 11.7 Å². The van der Waals surface area contributed by atoms with Crippen molar-refractivity contribution in [1.29, 1.82) is 0 Å². The first-order valence-corrected chi connectivity index (χ1v) is 7.00. The first kappa shape index (κ1) is 13.4. The van der Waals surface area contributed by atoms with Crippen LogP contribution in [0.15, 0.2) is 18.2 Å². The highest BCUT2D eigenvalue weighted by atomic mass is 16.3. The lowest BCUT2D eigenvalue weighted by molar-refractivity contribution is 0.366. The quantitative estimate of drug-likeness (QED) is 0.841. The molecule has 0 bridgehead atoms. The van der Waals surface area contributed by atoms with Crippen LogP contribution in [0.5, 0.6) is 5.75 Å². The molecule has 18 heavy (non-hydrogen) atoms. The monoisotopic (exact) mass is 247 g/mol. The highest BCUT2D eigenvalue weighted by Crippen LogP contribution is 2.30. The summed E-state index contributed by atoms with van der Waals surface area (Å²) in [5.74, 6) is 1.17. The maximum atomic E-state index is 10.0. The fourth-order valence-corrected chi connectivity index (χ4v) is 2.61. The van der Waals surface area contributed by atoms with Gasteiger partial charge < -0.3 is 10.4 Å². The second-order valence-electron chi connectivity index (χ2n) is 6.49. The molecule has 2 N–H and O–H groups in total. The van der Waals surface area contributed by atoms with Crippen molar-refractivity contribution in [2.75, 3.05) is 13.1 Å². The lowest BCUT2D eigenvalue weighted by atomic mass is 9.84. The Bertz CT molecular complexity index is 400. The van der Waals surface area contributed by atoms with Crippen LogP contribution < -0.4 is 5.32 Å². The van der Waals surface area contributed by atoms with E-state index in [2.05, 4.69) is 32.2 Å². The molecule has 0 saturated carbocycles. The maximum absolute atomic E-state index is 10.0. The van der Waals surface area contributed by atoms with Crippen LogP contribution in [0.1, 0.15) is 44.7 Å². The van der Waals surface area contributed by atoms with Gasteiger partial charge in [0.15, 0.2) is 0 Å². The SMILES string of the molecule is CC(C)(C)c1ccc(O)c(CC2CCNCC2)c1. The zero-order chi connectivity index (χ0) is 13.2. The van der Waals surface area contributed by atoms with Gasteiger partial charge in [-0.05, 0) is 60.9 Å². The first-order valence-electron chi connectivity index (χ1n) is 7.00. The molecule has 1 saturated heterocycles. The van der Waals surface area contributed by atoms with Crippen LogP contribution in [-0.2, 0) is 11.8 Å². The molecule has 1 fully saturated rings. The molecule has 1 aromatic rings. The summed E-state index contributed by atoms with van der Waals surface area (Å²) in [5, 5.41) is 13.4. The summed E-state index contributed by atoms with van der Waals surface area (Å²) in [5.41, 5.74) is 2.58. The van der Waals surface area contributed by atoms with Crippen LogP contribution in [-0.4, -0.2) is 18.2 Å². The Balaban J connectivity index is 2.15. The van der Waals surface area contributed by atoms with Gasteiger partial charge in [-0.25, -0.2) is 0 Å². The molecule has 1 aliphatic rings. The number of piperidine rings is 1. The van der Waals surface area contributed by atoms with E-state index in [-0.39, 0.29) is 5.41 Å². The van der Waals surface area contributed by atoms with Crippen LogP contribution in [0.4, 0.5) is 0 Å². The lowest BCUT2D eigenvalue weighted by Gasteiger charge is -2.24. The number of hydrogen-bond acceptors (Lipinski definition) is 2. The minimum atomic E-state index is 0.149. The van der Waals surface area contributed by atoms with Gasteiger partial charge in [0.25, 0.3) is 0 Å². The molecule has 2 rings (SSSR count). The van der Waals surface area contributed by atoms with Crippen molar-refractivity contribution in [2.45, 2.75) is 45.4 Å². The Morgan fingerprint density at radius 1 is 1.22 bits per heavy atom. The predicted molar refractivity (Wildman–Crippen MR) is 76.1 cm³/mol. The molecule has 2 heteroatoms. The number of hydrogen-bond donors (Lipinski definition) is 2. The van der Waals surface area contributed by atoms with Gasteiger partial charge in [0, 0.05) is 0 Å². The van der Waals surface area contributed by atoms with Gasteiger partial charge in [0.1, 0.15) is 5.75 Å². The molecule has 2 nitrogen and oxygen atoms in total. The Hall–Kier alpha value is -1.02. The highest BCUT2D eigenvalue weighted by molar-refractivity contribution is 5.39. The molecular formula is C16H25NO. The van der Waals surface area contributed by atoms with Crippen molar-refractivity contribution in [3.63, 3.8) is 0 Å². The van der Waals surface area contributed by atoms with Gasteiger partial charge in [-0.2, -0.15) is 0 Å². The van der Waals surface area contributed by atoms with Crippen molar-refractivity contribution in [2.24, 2.45) is 5.92 Å². The van der Waals surface area contributed by atoms with Crippen LogP contribution >= 0.6 is 0 Å². The third-order valence-electron chi connectivity index (χ3n) is 3.91. The molecular weight excluding hydrogens is 222 g/mol. The van der Waals surface area contributed by atoms with Crippen LogP contribution in [0, 0.1) is 5.92 Å². The second kappa shape index (κ2) is 5.31. The molecule has 0 atom stereocenters. The number of benzene rings is 1. The van der Waals surface area contributed by atoms with Gasteiger partial charge >= 0.3 is 0 Å². The maximum Gasteiger partial charge on any atom is 0.118 e. The molecule has 1 aromatic carbocycles. The molecule has 100 valence electrons. The number of rotatable bonds is 2. The predicted octanol–water partition coefficient (Wildman–Crippen LogP) is 3.23. The van der Waals surface area contributed by atoms with E-state index >= 15 is 0 Å². The summed E-state index contributed by atoms with van der Waals surface area (Å²) < 4.78 is 0. The van der Waals surface area contributed by atoms with E-state index in [1.807, 2.05) is 12.1 Å². The van der Waals surface area contributed by atoms with Crippen molar-refractivity contribution in [3.05, 3.63) is 29.3 Å². The lowest BCUT2D eigenvalue weighted by Crippen LogP contribution is -2.28. The van der Waals surface area contributed by atoms with E-state index in [9.17, 15) is 5.11 Å². The van der Waals surface area contributed by atoms with Crippen molar-refractivity contribution in [3.8, 4) is 5.75 Å². The standard InChI is InChI=1S/C16H25NO/c1-16(2,3)14-4-5-15(18)13(11-14)10-12-6-8-17-9-7-12/h4-5,11-12,17-18H,6-10H2,1-3H3. The highest BCUT2D eigenvalue weighted by Gasteiger charge is 2.18. The summed E-state index contributed by atoms with van der Waals surface area (Å²) in [6, 6.07) is 6.09. The van der Waals surface area contributed by atoms with E-state index in [0.717, 1.165) is 25.1 Å². The summed E-state index contributed by atoms with van der Waals surface area (Å²) in [6.07, 6.45) is 3.45. The number of nitrogens with one attached hydrogen (secondary N) is 1. The Kier molecular flexibility index (Phi) is 3.96. The van der Waals surface area contributed by atoms with Crippen LogP contribution in [0.2, 0.25) is 0 Å². The summed E-state index contributed by atoms with van der Waals surface area (Å²) in [4.78, 5) is 0. The Labute approximate surface area is 110 Å². The fraction of sp³-hybridized carbons (Fsp3) is 0.625. The van der Waals surface area contributed by atoms with Crippen molar-refractivity contribution in [1.82, 2.24) is 5.32 Å². The molecule has 1 aliphatic heterocycles. The third-order valence-corrected chi connectivity index (χ3v) is 3.91. The van der Waals surface area contributed by atoms with Crippen molar-refractivity contribution < 1.29 is 5.11 Å². The topological polar surface area (TPSA) is 32.3 Å². The average molecular weight is 247 g/mol. The molecule has 0 aromatic heterocycles. The van der Waals surface area contributed by atoms with Crippen LogP contribution in [0.3, 0.4) is 0 Å². The van der Waals surface area contributed by atoms with Crippen molar-refractivity contribution >= 4 is 0 Å². The molecule has 0 amide bonds. The Morgan fingerprint density at radius 3 is 2.50 bits per heavy atom. The molecule has 1 heterocycles. The molecule has 0 aliphatic carbocycles. The normalized spacial score (nSPS) is 17.9. The van der Waals surface area contributed by atoms with E-state index in [1.54, 1.807) is 0 Å². The Morgan fingerprint density at radius 2 is 1.89 bits per heavy atom. The third kappa shape index (κ3) is 3.26. The largest absolute Gasteiger partial charge is 0.508 e. The zero-order valence-electron chi connectivity index (χ0n) is 11.8. The summed E-state index contributed by atoms with van der Waals surface area (Å²) in [6.45, 7) is 8.88. The van der Waals surface area contributed by atoms with E-state index < -0.39 is 0 Å². The van der Waals surface area contributed by atoms with Gasteiger partial charge in [-0.15, -0.1) is 0 Å². The molecule has 0 radical (unpaired) electrons. The minimum Gasteiger partial charge on any atom is -0.508 e. The van der Waals surface area contributed by atoms with E-state index in [1.165, 1.54) is 18.4 Å². The zero-order valence-corrected chi connectivity index (χ0v) is 11.8. The van der Waals surface area contributed by atoms with Crippen LogP contribution in [0.25, 0.3) is 0 Å². The minimum absolute atomic E-state index is 0.149. The molecule has 0 spiro atoms. The summed E-state index contributed by atoms with van der Waals surface area (Å²) >= 11 is 0. The van der Waals surface area contributed by atoms with E-state index in [4.69, 9.17) is 0 Å². The summed E-state index contributed by atoms with van der Waals surface area (Å²) in [7, 11) is 0. The number of phenolic OH excluding ortho intramolecular Hbond substituents is 1. The number of aromatic hydroxyl groups is 1. The van der Waals surface area contributed by atoms with Gasteiger partial charge in [-0.1, -0.05) is 32.9 Å². The second-order valence-corrected chi connectivity index (χ2v) is 6.49.